The minimum absolute atomic E-state index is 0.144. The lowest BCUT2D eigenvalue weighted by Crippen LogP contribution is -2.35. The molecule has 10 heavy (non-hydrogen) atoms. The van der Waals surface area contributed by atoms with Crippen LogP contribution in [0, 0.1) is 5.92 Å². The van der Waals surface area contributed by atoms with Crippen LogP contribution in [0.25, 0.3) is 0 Å². The third kappa shape index (κ3) is 1.70. The number of hydrogen-bond acceptors (Lipinski definition) is 2. The van der Waals surface area contributed by atoms with Gasteiger partial charge in [-0.15, -0.1) is 0 Å². The maximum absolute atomic E-state index is 10.5. The topological polar surface area (TPSA) is 54.0 Å². The molecule has 0 unspecified atom stereocenters. The lowest BCUT2D eigenvalue weighted by Gasteiger charge is -2.23. The summed E-state index contributed by atoms with van der Waals surface area (Å²) < 4.78 is 30.5. The predicted octanol–water partition coefficient (Wildman–Crippen LogP) is 1.18. The van der Waals surface area contributed by atoms with Gasteiger partial charge in [-0.25, -0.2) is 0 Å². The molecule has 0 spiro atoms. The Morgan fingerprint density at radius 1 is 1.20 bits per heavy atom. The van der Waals surface area contributed by atoms with Crippen molar-refractivity contribution in [1.29, 1.82) is 0 Å². The van der Waals surface area contributed by atoms with Gasteiger partial charge in [0.15, 0.2) is 0 Å². The van der Waals surface area contributed by atoms with Crippen LogP contribution in [-0.2, 0) is 14.7 Å². The minimum Gasteiger partial charge on any atom is -0.196 e. The van der Waals surface area contributed by atoms with Crippen molar-refractivity contribution in [3.05, 3.63) is 0 Å². The molecule has 0 rings (SSSR count). The first-order chi connectivity index (χ1) is 4.19. The van der Waals surface area contributed by atoms with Crippen LogP contribution in [0.4, 0.5) is 0 Å². The van der Waals surface area contributed by atoms with Crippen LogP contribution in [0.2, 0.25) is 0 Å². The molecule has 0 saturated carbocycles. The average molecular weight is 165 g/mol. The molecule has 0 bridgehead atoms. The molecule has 0 aromatic heterocycles. The molecule has 0 amide bonds. The van der Waals surface area contributed by atoms with E-state index in [1.165, 1.54) is 13.8 Å². The van der Waals surface area contributed by atoms with Crippen molar-refractivity contribution in [3.8, 4) is 0 Å². The first-order valence-corrected chi connectivity index (χ1v) is 4.56. The maximum Gasteiger partial charge on any atom is 0.300 e. The van der Waals surface area contributed by atoms with Gasteiger partial charge in [-0.05, 0) is 19.8 Å². The van der Waals surface area contributed by atoms with Gasteiger partial charge < -0.3 is 0 Å². The zero-order chi connectivity index (χ0) is 8.58. The molecular weight excluding hydrogens is 152 g/mol. The summed E-state index contributed by atoms with van der Waals surface area (Å²) >= 11 is 0. The lowest BCUT2D eigenvalue weighted by atomic mass is 10.00. The molecule has 0 aromatic carbocycles. The average Bonchev–Trinajstić information content (AvgIpc) is 1.62. The second-order valence-electron chi connectivity index (χ2n) is 3.21. The Bertz CT molecular complexity index is 201. The van der Waals surface area contributed by atoms with Crippen LogP contribution in [-0.4, -0.2) is 13.2 Å². The third-order valence-corrected chi connectivity index (χ3v) is 3.79. The predicted molar refractivity (Wildman–Crippen MR) is 38.5 cm³/mol. The molecule has 0 aliphatic rings. The fourth-order valence-corrected chi connectivity index (χ4v) is 0.866. The fraction of sp³-hybridized carbons (Fsp3) is 1.00. The summed E-state index contributed by atoms with van der Waals surface area (Å²) in [5.41, 5.74) is 0. The van der Waals surface area contributed by atoms with E-state index in [0.717, 1.165) is 0 Å². The largest absolute Gasteiger partial charge is 0.300 e. The summed E-state index contributed by atoms with van der Waals surface area (Å²) in [6.07, 6.45) is 0. The van der Waals surface area contributed by atoms with Gasteiger partial charge in [0.2, 0.25) is 0 Å². The molecule has 3 nitrogen and oxygen atoms in total. The Morgan fingerprint density at radius 2 is 1.50 bits per heavy atom. The van der Waals surface area contributed by atoms with Crippen LogP contribution in [0.5, 0.6) is 0 Å². The summed E-state index contributed by atoms with van der Waals surface area (Å²) in [5, 5.41) is 0. The molecule has 0 aliphatic heterocycles. The molecule has 0 atom stereocenters. The first-order valence-electron chi connectivity index (χ1n) is 3.15. The van der Waals surface area contributed by atoms with Crippen molar-refractivity contribution < 1.29 is 13.0 Å². The van der Waals surface area contributed by atoms with Crippen LogP contribution < -0.4 is 0 Å². The maximum atomic E-state index is 10.5. The van der Waals surface area contributed by atoms with E-state index < -0.39 is 14.9 Å². The highest BCUT2D eigenvalue weighted by Crippen LogP contribution is 2.24. The van der Waals surface area contributed by atoms with Crippen LogP contribution >= 0.6 is 0 Å². The van der Waals surface area contributed by atoms with Gasteiger partial charge in [-0.1, -0.05) is 18.4 Å². The van der Waals surface area contributed by atoms with Crippen LogP contribution in [0.1, 0.15) is 27.7 Å². The van der Waals surface area contributed by atoms with E-state index in [1.807, 2.05) is 0 Å². The summed E-state index contributed by atoms with van der Waals surface area (Å²) in [7, 11) is -4.15. The van der Waals surface area contributed by atoms with E-state index in [1.54, 1.807) is 13.8 Å². The van der Waals surface area contributed by atoms with Crippen molar-refractivity contribution in [2.45, 2.75) is 32.4 Å². The van der Waals surface area contributed by atoms with Gasteiger partial charge in [0.05, 0.1) is 4.75 Å². The minimum atomic E-state index is -4.15. The van der Waals surface area contributed by atoms with Crippen molar-refractivity contribution in [3.63, 3.8) is 0 Å². The summed E-state index contributed by atoms with van der Waals surface area (Å²) in [5.74, 6) is -0.144. The van der Waals surface area contributed by atoms with Crippen LogP contribution in [0.15, 0.2) is 0 Å². The van der Waals surface area contributed by atoms with Gasteiger partial charge in [-0.2, -0.15) is 8.42 Å². The van der Waals surface area contributed by atoms with E-state index in [4.69, 9.17) is 0 Å². The molecular formula is C6H13O3S. The van der Waals surface area contributed by atoms with E-state index >= 15 is 0 Å². The smallest absolute Gasteiger partial charge is 0.196 e. The molecule has 61 valence electrons. The normalized spacial score (nSPS) is 14.2. The Balaban J connectivity index is 4.76. The van der Waals surface area contributed by atoms with E-state index in [0.29, 0.717) is 0 Å². The highest BCUT2D eigenvalue weighted by molar-refractivity contribution is 7.87. The van der Waals surface area contributed by atoms with Gasteiger partial charge >= 0.3 is 0 Å². The Morgan fingerprint density at radius 3 is 1.50 bits per heavy atom. The van der Waals surface area contributed by atoms with Crippen LogP contribution in [0.3, 0.4) is 0 Å². The Labute approximate surface area is 62.2 Å². The Hall–Kier alpha value is -0.0900. The third-order valence-electron chi connectivity index (χ3n) is 2.03. The zero-order valence-electron chi connectivity index (χ0n) is 6.71. The highest BCUT2D eigenvalue weighted by Gasteiger charge is 2.37. The standard InChI is InChI=1S/C6H13O3S/c1-5(2)6(3,4)10(7,8)9/h5H,1-4H3. The van der Waals surface area contributed by atoms with Crippen molar-refractivity contribution in [2.24, 2.45) is 5.92 Å². The van der Waals surface area contributed by atoms with E-state index in [-0.39, 0.29) is 5.92 Å². The van der Waals surface area contributed by atoms with Gasteiger partial charge in [-0.3, -0.25) is 0 Å². The lowest BCUT2D eigenvalue weighted by molar-refractivity contribution is 0.351. The van der Waals surface area contributed by atoms with Crippen molar-refractivity contribution in [2.75, 3.05) is 0 Å². The second-order valence-corrected chi connectivity index (χ2v) is 5.17. The molecule has 0 heterocycles. The highest BCUT2D eigenvalue weighted by atomic mass is 32.2. The second kappa shape index (κ2) is 2.51. The monoisotopic (exact) mass is 165 g/mol. The van der Waals surface area contributed by atoms with E-state index in [9.17, 15) is 13.0 Å². The summed E-state index contributed by atoms with van der Waals surface area (Å²) in [4.78, 5) is 0. The SMILES string of the molecule is CC(C)C(C)(C)S([O])(=O)=O. The van der Waals surface area contributed by atoms with Crippen molar-refractivity contribution >= 4 is 10.1 Å². The zero-order valence-corrected chi connectivity index (χ0v) is 7.53. The molecule has 4 heteroatoms. The van der Waals surface area contributed by atoms with Crippen molar-refractivity contribution in [1.82, 2.24) is 0 Å². The van der Waals surface area contributed by atoms with Gasteiger partial charge in [0.25, 0.3) is 10.1 Å². The Kier molecular flexibility index (Phi) is 2.49. The van der Waals surface area contributed by atoms with Gasteiger partial charge in [0, 0.05) is 0 Å². The van der Waals surface area contributed by atoms with Gasteiger partial charge in [0.1, 0.15) is 0 Å². The first kappa shape index (κ1) is 9.91. The summed E-state index contributed by atoms with van der Waals surface area (Å²) in [6, 6.07) is 0. The molecule has 0 N–H and O–H groups in total. The molecule has 0 aromatic rings. The number of rotatable bonds is 2. The molecule has 0 saturated heterocycles. The summed E-state index contributed by atoms with van der Waals surface area (Å²) in [6.45, 7) is 6.32. The molecule has 0 aliphatic carbocycles. The fourth-order valence-electron chi connectivity index (χ4n) is 0.289. The number of hydrogen-bond donors (Lipinski definition) is 0. The molecule has 1 radical (unpaired) electrons. The quantitative estimate of drug-likeness (QED) is 0.617. The molecule has 0 fully saturated rings. The van der Waals surface area contributed by atoms with E-state index in [2.05, 4.69) is 0 Å².